The molecule has 144 valence electrons. The zero-order valence-electron chi connectivity index (χ0n) is 15.4. The summed E-state index contributed by atoms with van der Waals surface area (Å²) in [6.07, 6.45) is 4.83. The van der Waals surface area contributed by atoms with Crippen molar-refractivity contribution < 1.29 is 14.3 Å². The number of urea groups is 1. The second-order valence-electron chi connectivity index (χ2n) is 6.97. The second-order valence-corrected chi connectivity index (χ2v) is 7.83. The van der Waals surface area contributed by atoms with Gasteiger partial charge in [-0.05, 0) is 43.9 Å². The second kappa shape index (κ2) is 7.42. The van der Waals surface area contributed by atoms with Crippen molar-refractivity contribution in [2.75, 3.05) is 13.2 Å². The molecule has 1 aliphatic carbocycles. The maximum Gasteiger partial charge on any atom is 0.315 e. The van der Waals surface area contributed by atoms with Gasteiger partial charge in [-0.15, -0.1) is 0 Å². The molecule has 0 fully saturated rings. The van der Waals surface area contributed by atoms with Gasteiger partial charge in [-0.25, -0.2) is 4.79 Å². The number of hydrogen-bond acceptors (Lipinski definition) is 4. The molecule has 0 unspecified atom stereocenters. The van der Waals surface area contributed by atoms with Crippen LogP contribution < -0.4 is 20.1 Å². The molecule has 1 aliphatic heterocycles. The summed E-state index contributed by atoms with van der Waals surface area (Å²) in [5, 5.41) is 10.5. The van der Waals surface area contributed by atoms with Crippen LogP contribution in [0.25, 0.3) is 0 Å². The molecule has 0 saturated carbocycles. The number of amides is 2. The molecule has 8 heteroatoms. The van der Waals surface area contributed by atoms with E-state index in [1.807, 2.05) is 37.0 Å². The van der Waals surface area contributed by atoms with Crippen LogP contribution in [-0.4, -0.2) is 29.0 Å². The Kier molecular flexibility index (Phi) is 4.99. The van der Waals surface area contributed by atoms with Crippen LogP contribution in [0.15, 0.2) is 22.8 Å². The van der Waals surface area contributed by atoms with E-state index in [4.69, 9.17) is 9.47 Å². The van der Waals surface area contributed by atoms with E-state index in [0.29, 0.717) is 19.0 Å². The molecule has 2 N–H and O–H groups in total. The number of carbonyl (C=O) groups is 1. The van der Waals surface area contributed by atoms with Crippen molar-refractivity contribution in [3.05, 3.63) is 39.6 Å². The number of carbonyl (C=O) groups excluding carboxylic acids is 1. The van der Waals surface area contributed by atoms with Crippen molar-refractivity contribution in [3.63, 3.8) is 0 Å². The molecule has 2 atom stereocenters. The average Bonchev–Trinajstić information content (AvgIpc) is 3.03. The molecular weight excluding hydrogens is 412 g/mol. The predicted molar refractivity (Wildman–Crippen MR) is 104 cm³/mol. The smallest absolute Gasteiger partial charge is 0.315 e. The maximum absolute atomic E-state index is 12.6. The minimum atomic E-state index is -0.189. The number of benzene rings is 1. The highest BCUT2D eigenvalue weighted by Gasteiger charge is 2.26. The Labute approximate surface area is 166 Å². The van der Waals surface area contributed by atoms with E-state index >= 15 is 0 Å². The van der Waals surface area contributed by atoms with Crippen molar-refractivity contribution >= 4 is 22.0 Å². The van der Waals surface area contributed by atoms with Crippen molar-refractivity contribution in [2.24, 2.45) is 7.05 Å². The van der Waals surface area contributed by atoms with Crippen molar-refractivity contribution in [1.82, 2.24) is 20.4 Å². The minimum Gasteiger partial charge on any atom is -0.486 e. The van der Waals surface area contributed by atoms with Crippen LogP contribution >= 0.6 is 15.9 Å². The molecular formula is C19H23BrN4O3. The fourth-order valence-electron chi connectivity index (χ4n) is 3.74. The highest BCUT2D eigenvalue weighted by molar-refractivity contribution is 9.10. The van der Waals surface area contributed by atoms with Crippen molar-refractivity contribution in [1.29, 1.82) is 0 Å². The standard InChI is InChI=1S/C19H23BrN4O3/c1-11(12-8-17-18(9-14(12)20)27-7-6-26-17)22-19(25)23-15-4-3-5-16-13(15)10-21-24(16)2/h8-11,15H,3-7H2,1-2H3,(H2,22,23,25)/t11-,15-/m1/s1. The summed E-state index contributed by atoms with van der Waals surface area (Å²) in [5.74, 6) is 1.43. The lowest BCUT2D eigenvalue weighted by atomic mass is 9.93. The van der Waals surface area contributed by atoms with Crippen LogP contribution in [0, 0.1) is 0 Å². The van der Waals surface area contributed by atoms with E-state index in [-0.39, 0.29) is 18.1 Å². The highest BCUT2D eigenvalue weighted by atomic mass is 79.9. The van der Waals surface area contributed by atoms with Gasteiger partial charge in [-0.3, -0.25) is 4.68 Å². The van der Waals surface area contributed by atoms with E-state index in [9.17, 15) is 4.79 Å². The molecule has 2 amide bonds. The summed E-state index contributed by atoms with van der Waals surface area (Å²) in [7, 11) is 1.95. The Hall–Kier alpha value is -2.22. The first-order chi connectivity index (χ1) is 13.0. The quantitative estimate of drug-likeness (QED) is 0.775. The van der Waals surface area contributed by atoms with Gasteiger partial charge in [-0.2, -0.15) is 5.10 Å². The summed E-state index contributed by atoms with van der Waals surface area (Å²) >= 11 is 3.57. The van der Waals surface area contributed by atoms with Crippen LogP contribution in [0.1, 0.15) is 48.7 Å². The monoisotopic (exact) mass is 434 g/mol. The summed E-state index contributed by atoms with van der Waals surface area (Å²) in [5.41, 5.74) is 3.27. The Balaban J connectivity index is 1.44. The molecule has 2 aliphatic rings. The molecule has 0 saturated heterocycles. The zero-order valence-corrected chi connectivity index (χ0v) is 17.0. The fourth-order valence-corrected chi connectivity index (χ4v) is 4.41. The van der Waals surface area contributed by atoms with Crippen molar-refractivity contribution in [2.45, 2.75) is 38.3 Å². The number of fused-ring (bicyclic) bond motifs is 2. The van der Waals surface area contributed by atoms with Gasteiger partial charge in [0, 0.05) is 22.8 Å². The van der Waals surface area contributed by atoms with E-state index < -0.39 is 0 Å². The lowest BCUT2D eigenvalue weighted by Crippen LogP contribution is -2.40. The average molecular weight is 435 g/mol. The number of rotatable bonds is 3. The first-order valence-corrected chi connectivity index (χ1v) is 9.99. The van der Waals surface area contributed by atoms with E-state index in [1.165, 1.54) is 5.69 Å². The lowest BCUT2D eigenvalue weighted by molar-refractivity contribution is 0.171. The zero-order chi connectivity index (χ0) is 19.0. The number of nitrogens with zero attached hydrogens (tertiary/aromatic N) is 2. The van der Waals surface area contributed by atoms with Crippen LogP contribution in [0.4, 0.5) is 4.79 Å². The van der Waals surface area contributed by atoms with Gasteiger partial charge in [0.1, 0.15) is 13.2 Å². The first-order valence-electron chi connectivity index (χ1n) is 9.19. The summed E-state index contributed by atoms with van der Waals surface area (Å²) in [4.78, 5) is 12.6. The summed E-state index contributed by atoms with van der Waals surface area (Å²) in [6.45, 7) is 3.03. The molecule has 1 aromatic heterocycles. The van der Waals surface area contributed by atoms with Crippen molar-refractivity contribution in [3.8, 4) is 11.5 Å². The number of halogens is 1. The van der Waals surface area contributed by atoms with Crippen LogP contribution in [0.5, 0.6) is 11.5 Å². The molecule has 7 nitrogen and oxygen atoms in total. The first kappa shape index (κ1) is 18.2. The molecule has 2 heterocycles. The number of hydrogen-bond donors (Lipinski definition) is 2. The van der Waals surface area contributed by atoms with E-state index in [1.54, 1.807) is 0 Å². The van der Waals surface area contributed by atoms with Crippen LogP contribution in [0.3, 0.4) is 0 Å². The molecule has 2 aromatic rings. The van der Waals surface area contributed by atoms with Gasteiger partial charge in [0.05, 0.1) is 18.3 Å². The van der Waals surface area contributed by atoms with Gasteiger partial charge >= 0.3 is 6.03 Å². The Morgan fingerprint density at radius 3 is 2.85 bits per heavy atom. The maximum atomic E-state index is 12.6. The molecule has 1 aromatic carbocycles. The summed E-state index contributed by atoms with van der Waals surface area (Å²) < 4.78 is 14.0. The molecule has 0 spiro atoms. The third-order valence-electron chi connectivity index (χ3n) is 5.16. The highest BCUT2D eigenvalue weighted by Crippen LogP contribution is 2.38. The number of aromatic nitrogens is 2. The minimum absolute atomic E-state index is 0.00152. The molecule has 27 heavy (non-hydrogen) atoms. The fraction of sp³-hybridized carbons (Fsp3) is 0.474. The largest absolute Gasteiger partial charge is 0.486 e. The number of aryl methyl sites for hydroxylation is 1. The van der Waals surface area contributed by atoms with Gasteiger partial charge in [0.2, 0.25) is 0 Å². The topological polar surface area (TPSA) is 77.4 Å². The Morgan fingerprint density at radius 2 is 2.07 bits per heavy atom. The van der Waals surface area contributed by atoms with Gasteiger partial charge in [0.25, 0.3) is 0 Å². The van der Waals surface area contributed by atoms with E-state index in [2.05, 4.69) is 31.7 Å². The number of nitrogens with one attached hydrogen (secondary N) is 2. The molecule has 0 bridgehead atoms. The number of ether oxygens (including phenoxy) is 2. The van der Waals surface area contributed by atoms with E-state index in [0.717, 1.165) is 40.6 Å². The molecule has 4 rings (SSSR count). The summed E-state index contributed by atoms with van der Waals surface area (Å²) in [6, 6.07) is 3.43. The van der Waals surface area contributed by atoms with Crippen LogP contribution in [-0.2, 0) is 13.5 Å². The lowest BCUT2D eigenvalue weighted by Gasteiger charge is -2.26. The SMILES string of the molecule is C[C@@H](NC(=O)N[C@@H]1CCCc2c1cnn2C)c1cc2c(cc1Br)OCCO2. The van der Waals surface area contributed by atoms with Crippen LogP contribution in [0.2, 0.25) is 0 Å². The molecule has 0 radical (unpaired) electrons. The predicted octanol–water partition coefficient (Wildman–Crippen LogP) is 3.39. The third kappa shape index (κ3) is 3.63. The Morgan fingerprint density at radius 1 is 1.33 bits per heavy atom. The van der Waals surface area contributed by atoms with Gasteiger partial charge < -0.3 is 20.1 Å². The normalized spacial score (nSPS) is 19.1. The Bertz CT molecular complexity index is 867. The van der Waals surface area contributed by atoms with Gasteiger partial charge in [-0.1, -0.05) is 15.9 Å². The third-order valence-corrected chi connectivity index (χ3v) is 5.84. The van der Waals surface area contributed by atoms with Gasteiger partial charge in [0.15, 0.2) is 11.5 Å².